The Morgan fingerprint density at radius 3 is 2.58 bits per heavy atom. The van der Waals surface area contributed by atoms with E-state index in [1.54, 1.807) is 4.90 Å². The van der Waals surface area contributed by atoms with Crippen LogP contribution in [0.15, 0.2) is 30.3 Å². The summed E-state index contributed by atoms with van der Waals surface area (Å²) in [5.74, 6) is 0.0588. The molecule has 0 bridgehead atoms. The van der Waals surface area contributed by atoms with Crippen molar-refractivity contribution in [3.05, 3.63) is 35.9 Å². The lowest BCUT2D eigenvalue weighted by atomic mass is 9.94. The van der Waals surface area contributed by atoms with Gasteiger partial charge in [0, 0.05) is 25.0 Å². The molecule has 2 amide bonds. The first-order chi connectivity index (χ1) is 12.3. The zero-order valence-corrected chi connectivity index (χ0v) is 16.6. The first-order valence-electron chi connectivity index (χ1n) is 9.60. The molecule has 0 saturated carbocycles. The summed E-state index contributed by atoms with van der Waals surface area (Å²) < 4.78 is 0. The van der Waals surface area contributed by atoms with Crippen LogP contribution in [0.3, 0.4) is 0 Å². The molecule has 5 heteroatoms. The number of amides is 2. The van der Waals surface area contributed by atoms with Crippen molar-refractivity contribution in [2.24, 2.45) is 5.41 Å². The van der Waals surface area contributed by atoms with E-state index in [-0.39, 0.29) is 17.9 Å². The largest absolute Gasteiger partial charge is 0.354 e. The zero-order valence-electron chi connectivity index (χ0n) is 16.6. The number of likely N-dealkylation sites (tertiary alicyclic amines) is 1. The molecule has 0 radical (unpaired) electrons. The normalized spacial score (nSPS) is 17.6. The Hall–Kier alpha value is -1.88. The second-order valence-corrected chi connectivity index (χ2v) is 8.27. The molecule has 1 aliphatic rings. The van der Waals surface area contributed by atoms with E-state index < -0.39 is 5.41 Å². The smallest absolute Gasteiger partial charge is 0.242 e. The number of carbonyl (C=O) groups excluding carboxylic acids is 2. The highest BCUT2D eigenvalue weighted by Crippen LogP contribution is 2.25. The standard InChI is InChI=1S/C21H33N3O2/c1-21(2,3)20(26)24-15-8-12-18(24)19(25)22-13-9-14-23(4)16-17-10-6-5-7-11-17/h5-7,10-11,18H,8-9,12-16H2,1-4H3,(H,22,25). The molecule has 2 rings (SSSR count). The van der Waals surface area contributed by atoms with Crippen molar-refractivity contribution >= 4 is 11.8 Å². The molecule has 0 aromatic heterocycles. The summed E-state index contributed by atoms with van der Waals surface area (Å²) in [6.07, 6.45) is 2.57. The Morgan fingerprint density at radius 1 is 1.23 bits per heavy atom. The third kappa shape index (κ3) is 5.84. The average molecular weight is 360 g/mol. The fraction of sp³-hybridized carbons (Fsp3) is 0.619. The van der Waals surface area contributed by atoms with Crippen LogP contribution in [-0.4, -0.2) is 54.3 Å². The van der Waals surface area contributed by atoms with Crippen LogP contribution < -0.4 is 5.32 Å². The van der Waals surface area contributed by atoms with Crippen LogP contribution in [0.25, 0.3) is 0 Å². The van der Waals surface area contributed by atoms with E-state index in [0.717, 1.165) is 32.4 Å². The van der Waals surface area contributed by atoms with E-state index in [9.17, 15) is 9.59 Å². The lowest BCUT2D eigenvalue weighted by Gasteiger charge is -2.30. The number of benzene rings is 1. The topological polar surface area (TPSA) is 52.7 Å². The van der Waals surface area contributed by atoms with Crippen molar-refractivity contribution in [1.82, 2.24) is 15.1 Å². The SMILES string of the molecule is CN(CCCNC(=O)C1CCCN1C(=O)C(C)(C)C)Cc1ccccc1. The van der Waals surface area contributed by atoms with Gasteiger partial charge in [-0.1, -0.05) is 51.1 Å². The second kappa shape index (κ2) is 9.17. The molecule has 1 N–H and O–H groups in total. The molecule has 1 saturated heterocycles. The second-order valence-electron chi connectivity index (χ2n) is 8.27. The summed E-state index contributed by atoms with van der Waals surface area (Å²) in [6.45, 7) is 8.89. The third-order valence-corrected chi connectivity index (χ3v) is 4.77. The monoisotopic (exact) mass is 359 g/mol. The van der Waals surface area contributed by atoms with E-state index in [1.807, 2.05) is 26.8 Å². The fourth-order valence-electron chi connectivity index (χ4n) is 3.37. The first-order valence-corrected chi connectivity index (χ1v) is 9.60. The van der Waals surface area contributed by atoms with Crippen LogP contribution in [0, 0.1) is 5.41 Å². The van der Waals surface area contributed by atoms with Crippen LogP contribution in [-0.2, 0) is 16.1 Å². The minimum atomic E-state index is -0.441. The number of rotatable bonds is 7. The molecule has 1 aromatic carbocycles. The molecule has 1 unspecified atom stereocenters. The Labute approximate surface area is 157 Å². The van der Waals surface area contributed by atoms with Gasteiger partial charge in [-0.2, -0.15) is 0 Å². The van der Waals surface area contributed by atoms with E-state index >= 15 is 0 Å². The lowest BCUT2D eigenvalue weighted by molar-refractivity contribution is -0.144. The van der Waals surface area contributed by atoms with Gasteiger partial charge in [-0.3, -0.25) is 9.59 Å². The van der Waals surface area contributed by atoms with Crippen LogP contribution in [0.4, 0.5) is 0 Å². The summed E-state index contributed by atoms with van der Waals surface area (Å²) in [6, 6.07) is 10.1. The molecule has 5 nitrogen and oxygen atoms in total. The van der Waals surface area contributed by atoms with Crippen molar-refractivity contribution in [3.8, 4) is 0 Å². The molecule has 0 spiro atoms. The number of hydrogen-bond acceptors (Lipinski definition) is 3. The van der Waals surface area contributed by atoms with Crippen molar-refractivity contribution in [2.45, 2.75) is 52.6 Å². The lowest BCUT2D eigenvalue weighted by Crippen LogP contribution is -2.49. The molecule has 144 valence electrons. The molecule has 1 aliphatic heterocycles. The summed E-state index contributed by atoms with van der Waals surface area (Å²) in [4.78, 5) is 29.0. The van der Waals surface area contributed by atoms with Gasteiger partial charge in [-0.05, 0) is 38.4 Å². The van der Waals surface area contributed by atoms with Gasteiger partial charge >= 0.3 is 0 Å². The van der Waals surface area contributed by atoms with Gasteiger partial charge in [0.25, 0.3) is 0 Å². The van der Waals surface area contributed by atoms with E-state index in [0.29, 0.717) is 13.1 Å². The molecule has 1 fully saturated rings. The molecular weight excluding hydrogens is 326 g/mol. The molecular formula is C21H33N3O2. The number of hydrogen-bond donors (Lipinski definition) is 1. The van der Waals surface area contributed by atoms with Gasteiger partial charge in [-0.15, -0.1) is 0 Å². The minimum Gasteiger partial charge on any atom is -0.354 e. The summed E-state index contributed by atoms with van der Waals surface area (Å²) in [5, 5.41) is 3.02. The highest BCUT2D eigenvalue weighted by atomic mass is 16.2. The van der Waals surface area contributed by atoms with E-state index in [4.69, 9.17) is 0 Å². The molecule has 0 aliphatic carbocycles. The number of carbonyl (C=O) groups is 2. The van der Waals surface area contributed by atoms with Crippen molar-refractivity contribution in [3.63, 3.8) is 0 Å². The van der Waals surface area contributed by atoms with Gasteiger partial charge in [0.05, 0.1) is 0 Å². The zero-order chi connectivity index (χ0) is 19.2. The summed E-state index contributed by atoms with van der Waals surface area (Å²) in [7, 11) is 2.09. The number of nitrogens with one attached hydrogen (secondary N) is 1. The highest BCUT2D eigenvalue weighted by Gasteiger charge is 2.38. The van der Waals surface area contributed by atoms with Crippen molar-refractivity contribution < 1.29 is 9.59 Å². The third-order valence-electron chi connectivity index (χ3n) is 4.77. The Morgan fingerprint density at radius 2 is 1.92 bits per heavy atom. The van der Waals surface area contributed by atoms with Gasteiger partial charge in [-0.25, -0.2) is 0 Å². The summed E-state index contributed by atoms with van der Waals surface area (Å²) >= 11 is 0. The van der Waals surface area contributed by atoms with Crippen molar-refractivity contribution in [1.29, 1.82) is 0 Å². The van der Waals surface area contributed by atoms with E-state index in [1.165, 1.54) is 5.56 Å². The van der Waals surface area contributed by atoms with Crippen molar-refractivity contribution in [2.75, 3.05) is 26.7 Å². The van der Waals surface area contributed by atoms with Crippen LogP contribution >= 0.6 is 0 Å². The van der Waals surface area contributed by atoms with Crippen LogP contribution in [0.1, 0.15) is 45.6 Å². The number of nitrogens with zero attached hydrogens (tertiary/aromatic N) is 2. The van der Waals surface area contributed by atoms with Crippen LogP contribution in [0.5, 0.6) is 0 Å². The maximum Gasteiger partial charge on any atom is 0.242 e. The van der Waals surface area contributed by atoms with Gasteiger partial charge in [0.15, 0.2) is 0 Å². The first kappa shape index (κ1) is 20.4. The molecule has 26 heavy (non-hydrogen) atoms. The molecule has 1 aromatic rings. The predicted molar refractivity (Wildman–Crippen MR) is 105 cm³/mol. The van der Waals surface area contributed by atoms with Gasteiger partial charge < -0.3 is 15.1 Å². The molecule has 1 atom stereocenters. The highest BCUT2D eigenvalue weighted by molar-refractivity contribution is 5.90. The van der Waals surface area contributed by atoms with Gasteiger partial charge in [0.1, 0.15) is 6.04 Å². The minimum absolute atomic E-state index is 0.00851. The van der Waals surface area contributed by atoms with Crippen LogP contribution in [0.2, 0.25) is 0 Å². The Kier molecular flexibility index (Phi) is 7.21. The average Bonchev–Trinajstić information content (AvgIpc) is 3.07. The Balaban J connectivity index is 1.72. The maximum absolute atomic E-state index is 12.5. The van der Waals surface area contributed by atoms with Gasteiger partial charge in [0.2, 0.25) is 11.8 Å². The quantitative estimate of drug-likeness (QED) is 0.762. The maximum atomic E-state index is 12.5. The Bertz CT molecular complexity index is 595. The fourth-order valence-corrected chi connectivity index (χ4v) is 3.37. The molecule has 1 heterocycles. The predicted octanol–water partition coefficient (Wildman–Crippen LogP) is 2.66. The summed E-state index contributed by atoms with van der Waals surface area (Å²) in [5.41, 5.74) is 0.851. The van der Waals surface area contributed by atoms with E-state index in [2.05, 4.69) is 41.5 Å².